The molecular formula is C22H17FN8O. The first-order chi connectivity index (χ1) is 15.6. The summed E-state index contributed by atoms with van der Waals surface area (Å²) >= 11 is 0. The van der Waals surface area contributed by atoms with E-state index >= 15 is 0 Å². The Morgan fingerprint density at radius 2 is 1.88 bits per heavy atom. The molecule has 0 bridgehead atoms. The number of nitrogens with two attached hydrogens (primary N) is 2. The van der Waals surface area contributed by atoms with Crippen molar-refractivity contribution in [1.29, 1.82) is 0 Å². The largest absolute Gasteiger partial charge is 0.392 e. The van der Waals surface area contributed by atoms with Gasteiger partial charge in [0.15, 0.2) is 0 Å². The molecule has 0 amide bonds. The summed E-state index contributed by atoms with van der Waals surface area (Å²) in [6.07, 6.45) is 4.87. The zero-order valence-corrected chi connectivity index (χ0v) is 16.6. The van der Waals surface area contributed by atoms with Gasteiger partial charge in [0.25, 0.3) is 5.89 Å². The van der Waals surface area contributed by atoms with Crippen LogP contribution in [0.1, 0.15) is 11.5 Å². The van der Waals surface area contributed by atoms with Gasteiger partial charge in [0.2, 0.25) is 5.82 Å². The minimum absolute atomic E-state index is 0.0471. The molecule has 0 unspecified atom stereocenters. The first kappa shape index (κ1) is 19.4. The molecule has 5 rings (SSSR count). The molecule has 5 aromatic rings. The molecule has 0 aliphatic heterocycles. The molecule has 10 heteroatoms. The van der Waals surface area contributed by atoms with E-state index < -0.39 is 5.82 Å². The van der Waals surface area contributed by atoms with Crippen LogP contribution in [0.2, 0.25) is 0 Å². The highest BCUT2D eigenvalue weighted by Gasteiger charge is 2.22. The first-order valence-electron chi connectivity index (χ1n) is 9.59. The molecule has 3 aromatic heterocycles. The van der Waals surface area contributed by atoms with E-state index in [0.717, 1.165) is 21.5 Å². The van der Waals surface area contributed by atoms with Crippen molar-refractivity contribution in [3.8, 4) is 11.4 Å². The lowest BCUT2D eigenvalue weighted by Gasteiger charge is -2.23. The Morgan fingerprint density at radius 3 is 2.69 bits per heavy atom. The van der Waals surface area contributed by atoms with Crippen LogP contribution in [-0.2, 0) is 0 Å². The third kappa shape index (κ3) is 3.44. The van der Waals surface area contributed by atoms with Crippen molar-refractivity contribution < 1.29 is 8.91 Å². The van der Waals surface area contributed by atoms with Crippen LogP contribution in [0.3, 0.4) is 0 Å². The highest BCUT2D eigenvalue weighted by Crippen LogP contribution is 2.30. The smallest absolute Gasteiger partial charge is 0.276 e. The van der Waals surface area contributed by atoms with Gasteiger partial charge in [-0.05, 0) is 42.5 Å². The number of hydrogen-bond acceptors (Lipinski definition) is 8. The maximum absolute atomic E-state index is 14.5. The van der Waals surface area contributed by atoms with E-state index in [-0.39, 0.29) is 23.0 Å². The molecule has 0 aliphatic rings. The zero-order valence-electron chi connectivity index (χ0n) is 16.6. The fourth-order valence-corrected chi connectivity index (χ4v) is 3.33. The molecule has 0 spiro atoms. The summed E-state index contributed by atoms with van der Waals surface area (Å²) in [5.41, 5.74) is 9.16. The lowest BCUT2D eigenvalue weighted by atomic mass is 10.1. The van der Waals surface area contributed by atoms with Gasteiger partial charge in [0, 0.05) is 28.9 Å². The van der Waals surface area contributed by atoms with E-state index in [9.17, 15) is 4.39 Å². The summed E-state index contributed by atoms with van der Waals surface area (Å²) < 4.78 is 19.9. The van der Waals surface area contributed by atoms with E-state index in [1.54, 1.807) is 48.9 Å². The van der Waals surface area contributed by atoms with Crippen LogP contribution in [-0.4, -0.2) is 25.3 Å². The van der Waals surface area contributed by atoms with Crippen LogP contribution in [0, 0.1) is 5.82 Å². The van der Waals surface area contributed by atoms with Crippen molar-refractivity contribution in [2.24, 2.45) is 11.6 Å². The average Bonchev–Trinajstić information content (AvgIpc) is 3.49. The molecule has 0 saturated carbocycles. The van der Waals surface area contributed by atoms with Gasteiger partial charge in [-0.25, -0.2) is 10.2 Å². The number of para-hydroxylation sites is 1. The first-order valence-corrected chi connectivity index (χ1v) is 9.59. The summed E-state index contributed by atoms with van der Waals surface area (Å²) in [5.74, 6) is 6.20. The highest BCUT2D eigenvalue weighted by molar-refractivity contribution is 5.94. The number of H-pyrrole nitrogens is 1. The second-order valence-corrected chi connectivity index (χ2v) is 6.91. The van der Waals surface area contributed by atoms with Crippen molar-refractivity contribution in [3.63, 3.8) is 0 Å². The molecule has 2 aromatic carbocycles. The Labute approximate surface area is 181 Å². The number of nitrogens with one attached hydrogen (secondary N) is 1. The molecule has 0 aliphatic carbocycles. The molecule has 0 fully saturated rings. The Kier molecular flexibility index (Phi) is 4.81. The minimum Gasteiger partial charge on any atom is -0.392 e. The number of nitrogens with zero attached hydrogens (tertiary/aromatic N) is 5. The number of hydrogen-bond donors (Lipinski definition) is 3. The fourth-order valence-electron chi connectivity index (χ4n) is 3.33. The van der Waals surface area contributed by atoms with Gasteiger partial charge < -0.3 is 10.3 Å². The topological polar surface area (TPSA) is 136 Å². The molecular weight excluding hydrogens is 411 g/mol. The fraction of sp³-hybridized carbons (Fsp3) is 0. The van der Waals surface area contributed by atoms with Crippen LogP contribution < -0.4 is 16.6 Å². The highest BCUT2D eigenvalue weighted by atomic mass is 19.1. The van der Waals surface area contributed by atoms with Gasteiger partial charge in [-0.1, -0.05) is 17.3 Å². The van der Waals surface area contributed by atoms with Crippen molar-refractivity contribution in [2.45, 2.75) is 0 Å². The van der Waals surface area contributed by atoms with Gasteiger partial charge in [-0.15, -0.1) is 0 Å². The number of hydrazine groups is 1. The Balaban J connectivity index is 1.61. The zero-order chi connectivity index (χ0) is 22.1. The number of pyridine rings is 1. The maximum atomic E-state index is 14.5. The summed E-state index contributed by atoms with van der Waals surface area (Å²) in [6.45, 7) is 0. The monoisotopic (exact) mass is 428 g/mol. The van der Waals surface area contributed by atoms with Gasteiger partial charge in [-0.3, -0.25) is 15.1 Å². The van der Waals surface area contributed by atoms with Crippen molar-refractivity contribution in [2.75, 3.05) is 5.01 Å². The molecule has 0 saturated heterocycles. The lowest BCUT2D eigenvalue weighted by Crippen LogP contribution is -2.32. The van der Waals surface area contributed by atoms with Crippen LogP contribution in [0.5, 0.6) is 0 Å². The van der Waals surface area contributed by atoms with E-state index in [1.165, 1.54) is 6.07 Å². The van der Waals surface area contributed by atoms with Gasteiger partial charge >= 0.3 is 0 Å². The maximum Gasteiger partial charge on any atom is 0.276 e. The quantitative estimate of drug-likeness (QED) is 0.287. The summed E-state index contributed by atoms with van der Waals surface area (Å²) in [4.78, 5) is 8.45. The van der Waals surface area contributed by atoms with Crippen LogP contribution in [0.4, 0.5) is 10.1 Å². The molecule has 158 valence electrons. The van der Waals surface area contributed by atoms with E-state index in [1.807, 2.05) is 18.2 Å². The normalized spacial score (nSPS) is 12.1. The number of aromatic nitrogens is 5. The summed E-state index contributed by atoms with van der Waals surface area (Å²) in [5, 5.41) is 13.0. The number of aromatic amines is 1. The Bertz CT molecular complexity index is 1430. The van der Waals surface area contributed by atoms with Crippen LogP contribution >= 0.6 is 0 Å². The summed E-state index contributed by atoms with van der Waals surface area (Å²) in [7, 11) is 0. The third-order valence-corrected chi connectivity index (χ3v) is 4.92. The number of fused-ring (bicyclic) bond motifs is 1. The van der Waals surface area contributed by atoms with Gasteiger partial charge in [0.05, 0.1) is 23.1 Å². The van der Waals surface area contributed by atoms with Gasteiger partial charge in [0.1, 0.15) is 11.5 Å². The molecule has 9 nitrogen and oxygen atoms in total. The standard InChI is InChI=1S/C22H17FN8O/c23-16-3-1-2-4-18(16)31(25)20(13-7-9-26-10-8-13)19(24)22-28-21(30-32-22)14-5-6-17-15(11-14)12-27-29-17/h1-12H,24-25H2,(H,27,29)/b20-19-. The van der Waals surface area contributed by atoms with E-state index in [4.69, 9.17) is 16.1 Å². The molecule has 32 heavy (non-hydrogen) atoms. The third-order valence-electron chi connectivity index (χ3n) is 4.92. The molecule has 3 heterocycles. The predicted molar refractivity (Wildman–Crippen MR) is 118 cm³/mol. The summed E-state index contributed by atoms with van der Waals surface area (Å²) in [6, 6.07) is 15.1. The molecule has 0 radical (unpaired) electrons. The average molecular weight is 428 g/mol. The van der Waals surface area contributed by atoms with Crippen molar-refractivity contribution >= 4 is 28.0 Å². The Hall–Kier alpha value is -4.57. The molecule has 5 N–H and O–H groups in total. The van der Waals surface area contributed by atoms with Crippen molar-refractivity contribution in [1.82, 2.24) is 25.3 Å². The lowest BCUT2D eigenvalue weighted by molar-refractivity contribution is 0.408. The molecule has 0 atom stereocenters. The van der Waals surface area contributed by atoms with E-state index in [2.05, 4.69) is 25.3 Å². The Morgan fingerprint density at radius 1 is 1.06 bits per heavy atom. The van der Waals surface area contributed by atoms with Gasteiger partial charge in [-0.2, -0.15) is 10.1 Å². The van der Waals surface area contributed by atoms with E-state index in [0.29, 0.717) is 11.4 Å². The number of rotatable bonds is 5. The van der Waals surface area contributed by atoms with Crippen LogP contribution in [0.25, 0.3) is 33.7 Å². The predicted octanol–water partition coefficient (Wildman–Crippen LogP) is 3.31. The van der Waals surface area contributed by atoms with Crippen molar-refractivity contribution in [3.05, 3.63) is 90.5 Å². The second kappa shape index (κ2) is 7.93. The number of halogens is 1. The minimum atomic E-state index is -0.506. The second-order valence-electron chi connectivity index (χ2n) is 6.91. The SMILES string of the molecule is N/C(=C(/c1ccncc1)N(N)c1ccccc1F)c1nc(-c2ccc3[nH]ncc3c2)no1. The number of anilines is 1. The number of benzene rings is 2. The van der Waals surface area contributed by atoms with Crippen LogP contribution in [0.15, 0.2) is 77.7 Å².